The third-order valence-electron chi connectivity index (χ3n) is 2.92. The highest BCUT2D eigenvalue weighted by molar-refractivity contribution is 14.1. The molecule has 0 saturated carbocycles. The number of pyridine rings is 2. The lowest BCUT2D eigenvalue weighted by Crippen LogP contribution is -2.05. The van der Waals surface area contributed by atoms with Crippen LogP contribution < -0.4 is 11.1 Å². The highest BCUT2D eigenvalue weighted by atomic mass is 127. The van der Waals surface area contributed by atoms with Crippen molar-refractivity contribution in [2.24, 2.45) is 0 Å². The van der Waals surface area contributed by atoms with E-state index in [0.717, 1.165) is 23.0 Å². The van der Waals surface area contributed by atoms with Crippen LogP contribution in [0.25, 0.3) is 20.4 Å². The van der Waals surface area contributed by atoms with Crippen LogP contribution >= 0.6 is 45.3 Å². The monoisotopic (exact) mass is 458 g/mol. The molecule has 0 radical (unpaired) electrons. The molecule has 6 nitrogen and oxygen atoms in total. The van der Waals surface area contributed by atoms with Crippen LogP contribution in [0.5, 0.6) is 0 Å². The maximum absolute atomic E-state index is 11.2. The van der Waals surface area contributed by atoms with E-state index in [9.17, 15) is 9.59 Å². The van der Waals surface area contributed by atoms with Gasteiger partial charge in [-0.1, -0.05) is 0 Å². The second kappa shape index (κ2) is 6.49. The van der Waals surface area contributed by atoms with E-state index in [2.05, 4.69) is 42.5 Å². The van der Waals surface area contributed by atoms with E-state index >= 15 is 0 Å². The molecule has 0 aromatic carbocycles. The van der Waals surface area contributed by atoms with Gasteiger partial charge in [0.15, 0.2) is 0 Å². The Bertz CT molecular complexity index is 1110. The van der Waals surface area contributed by atoms with Crippen LogP contribution in [0.2, 0.25) is 0 Å². The van der Waals surface area contributed by atoms with Gasteiger partial charge in [-0.25, -0.2) is 9.97 Å². The van der Waals surface area contributed by atoms with Gasteiger partial charge < -0.3 is 9.97 Å². The molecule has 4 rings (SSSR count). The summed E-state index contributed by atoms with van der Waals surface area (Å²) in [5, 5.41) is 1.86. The summed E-state index contributed by atoms with van der Waals surface area (Å²) in [5.74, 6) is 0. The second-order valence-corrected chi connectivity index (χ2v) is 8.23. The maximum Gasteiger partial charge on any atom is 0.275 e. The van der Waals surface area contributed by atoms with Gasteiger partial charge in [0.1, 0.15) is 11.0 Å². The van der Waals surface area contributed by atoms with E-state index in [0.29, 0.717) is 11.0 Å². The van der Waals surface area contributed by atoms with E-state index in [4.69, 9.17) is 0 Å². The molecule has 0 bridgehead atoms. The Morgan fingerprint density at radius 1 is 1.00 bits per heavy atom. The molecule has 0 amide bonds. The molecule has 4 aromatic rings. The normalized spacial score (nSPS) is 10.7. The number of fused-ring (bicyclic) bond motifs is 2. The first-order valence-electron chi connectivity index (χ1n) is 6.55. The molecule has 0 aliphatic heterocycles. The average Bonchev–Trinajstić information content (AvgIpc) is 3.08. The van der Waals surface area contributed by atoms with Crippen molar-refractivity contribution in [2.75, 3.05) is 0 Å². The van der Waals surface area contributed by atoms with Crippen LogP contribution in [0.4, 0.5) is 0 Å². The van der Waals surface area contributed by atoms with Crippen molar-refractivity contribution in [3.63, 3.8) is 0 Å². The number of halogens is 1. The number of nitrogens with zero attached hydrogens (tertiary/aromatic N) is 2. The molecule has 0 unspecified atom stereocenters. The van der Waals surface area contributed by atoms with Gasteiger partial charge in [-0.3, -0.25) is 9.59 Å². The number of aromatic amines is 2. The molecule has 0 aliphatic rings. The van der Waals surface area contributed by atoms with Crippen LogP contribution in [0.15, 0.2) is 28.0 Å². The fourth-order valence-electron chi connectivity index (χ4n) is 1.99. The Hall–Kier alpha value is -1.59. The van der Waals surface area contributed by atoms with Gasteiger partial charge in [0.05, 0.1) is 19.4 Å². The van der Waals surface area contributed by atoms with E-state index in [1.54, 1.807) is 23.7 Å². The first-order chi connectivity index (χ1) is 11.0. The standard InChI is InChI=1S/C7H5IN2OS.C7H6N2OS/c1-3-10-5-6(12-3)4(8)2-9-7(5)11;1-4-9-6-5(11-4)2-3-8-7(6)10/h2H,1H3,(H,9,11);2-3H,1H3,(H,8,10). The van der Waals surface area contributed by atoms with Crippen molar-refractivity contribution in [3.8, 4) is 0 Å². The third-order valence-corrected chi connectivity index (χ3v) is 6.08. The van der Waals surface area contributed by atoms with Crippen molar-refractivity contribution < 1.29 is 0 Å². The number of rotatable bonds is 0. The number of thiazole rings is 2. The van der Waals surface area contributed by atoms with Crippen molar-refractivity contribution in [2.45, 2.75) is 13.8 Å². The number of nitrogens with one attached hydrogen (secondary N) is 2. The minimum Gasteiger partial charge on any atom is -0.327 e. The van der Waals surface area contributed by atoms with E-state index in [1.807, 2.05) is 19.9 Å². The predicted octanol–water partition coefficient (Wildman–Crippen LogP) is 3.19. The predicted molar refractivity (Wildman–Crippen MR) is 103 cm³/mol. The SMILES string of the molecule is Cc1nc2c(=O)[nH]cc(I)c2s1.Cc1nc2c(=O)[nH]ccc2s1. The molecule has 9 heteroatoms. The van der Waals surface area contributed by atoms with Crippen LogP contribution in [0, 0.1) is 17.4 Å². The molecule has 2 N–H and O–H groups in total. The first-order valence-corrected chi connectivity index (χ1v) is 9.26. The Labute approximate surface area is 151 Å². The number of hydrogen-bond donors (Lipinski definition) is 2. The summed E-state index contributed by atoms with van der Waals surface area (Å²) in [6.07, 6.45) is 3.35. The Balaban J connectivity index is 0.000000136. The molecule has 118 valence electrons. The minimum absolute atomic E-state index is 0.102. The largest absolute Gasteiger partial charge is 0.327 e. The van der Waals surface area contributed by atoms with Crippen LogP contribution in [0.1, 0.15) is 10.0 Å². The van der Waals surface area contributed by atoms with Crippen molar-refractivity contribution in [1.29, 1.82) is 0 Å². The highest BCUT2D eigenvalue weighted by Crippen LogP contribution is 2.23. The molecular formula is C14H11IN4O2S2. The zero-order valence-corrected chi connectivity index (χ0v) is 15.9. The molecule has 0 saturated heterocycles. The number of aryl methyl sites for hydroxylation is 2. The van der Waals surface area contributed by atoms with E-state index < -0.39 is 0 Å². The summed E-state index contributed by atoms with van der Waals surface area (Å²) in [4.78, 5) is 35.8. The highest BCUT2D eigenvalue weighted by Gasteiger charge is 2.06. The smallest absolute Gasteiger partial charge is 0.275 e. The van der Waals surface area contributed by atoms with E-state index in [-0.39, 0.29) is 11.1 Å². The van der Waals surface area contributed by atoms with Crippen molar-refractivity contribution in [1.82, 2.24) is 19.9 Å². The molecule has 23 heavy (non-hydrogen) atoms. The fraction of sp³-hybridized carbons (Fsp3) is 0.143. The zero-order chi connectivity index (χ0) is 16.6. The first kappa shape index (κ1) is 16.3. The second-order valence-electron chi connectivity index (χ2n) is 4.63. The molecule has 0 spiro atoms. The van der Waals surface area contributed by atoms with Gasteiger partial charge in [0.2, 0.25) is 0 Å². The quantitative estimate of drug-likeness (QED) is 0.396. The number of H-pyrrole nitrogens is 2. The molecule has 4 aromatic heterocycles. The van der Waals surface area contributed by atoms with Crippen LogP contribution in [0.3, 0.4) is 0 Å². The molecule has 0 aliphatic carbocycles. The third kappa shape index (κ3) is 3.35. The number of aromatic nitrogens is 4. The summed E-state index contributed by atoms with van der Waals surface area (Å²) >= 11 is 5.28. The van der Waals surface area contributed by atoms with Gasteiger partial charge in [-0.15, -0.1) is 22.7 Å². The van der Waals surface area contributed by atoms with Gasteiger partial charge >= 0.3 is 0 Å². The fourth-order valence-corrected chi connectivity index (χ4v) is 4.38. The summed E-state index contributed by atoms with van der Waals surface area (Å²) in [7, 11) is 0. The van der Waals surface area contributed by atoms with Crippen molar-refractivity contribution >= 4 is 65.7 Å². The van der Waals surface area contributed by atoms with E-state index in [1.165, 1.54) is 11.3 Å². The van der Waals surface area contributed by atoms with Crippen molar-refractivity contribution in [3.05, 3.63) is 52.8 Å². The Morgan fingerprint density at radius 3 is 2.35 bits per heavy atom. The van der Waals surface area contributed by atoms with Crippen LogP contribution in [-0.4, -0.2) is 19.9 Å². The summed E-state index contributed by atoms with van der Waals surface area (Å²) in [6, 6.07) is 1.86. The Kier molecular flexibility index (Phi) is 4.60. The minimum atomic E-state index is -0.105. The molecule has 0 fully saturated rings. The maximum atomic E-state index is 11.2. The van der Waals surface area contributed by atoms with Gasteiger partial charge in [-0.2, -0.15) is 0 Å². The number of hydrogen-bond acceptors (Lipinski definition) is 6. The van der Waals surface area contributed by atoms with Gasteiger partial charge in [-0.05, 0) is 42.5 Å². The van der Waals surface area contributed by atoms with Gasteiger partial charge in [0, 0.05) is 16.0 Å². The topological polar surface area (TPSA) is 91.5 Å². The summed E-state index contributed by atoms with van der Waals surface area (Å²) in [5.41, 5.74) is 0.904. The molecular weight excluding hydrogens is 447 g/mol. The lowest BCUT2D eigenvalue weighted by atomic mass is 10.4. The summed E-state index contributed by atoms with van der Waals surface area (Å²) in [6.45, 7) is 3.80. The Morgan fingerprint density at radius 2 is 1.65 bits per heavy atom. The van der Waals surface area contributed by atoms with Gasteiger partial charge in [0.25, 0.3) is 11.1 Å². The average molecular weight is 458 g/mol. The van der Waals surface area contributed by atoms with Crippen LogP contribution in [-0.2, 0) is 0 Å². The lowest BCUT2D eigenvalue weighted by molar-refractivity contribution is 1.23. The lowest BCUT2D eigenvalue weighted by Gasteiger charge is -1.88. The zero-order valence-electron chi connectivity index (χ0n) is 12.1. The molecule has 4 heterocycles. The molecule has 0 atom stereocenters. The summed E-state index contributed by atoms with van der Waals surface area (Å²) < 4.78 is 2.98.